The molecule has 3 rings (SSSR count). The second-order valence-corrected chi connectivity index (χ2v) is 4.82. The quantitative estimate of drug-likeness (QED) is 0.947. The molecule has 1 heterocycles. The van der Waals surface area contributed by atoms with E-state index in [1.165, 1.54) is 30.3 Å². The number of oxime groups is 1. The predicted octanol–water partition coefficient (Wildman–Crippen LogP) is 3.10. The van der Waals surface area contributed by atoms with Crippen LogP contribution in [0.5, 0.6) is 0 Å². The second-order valence-electron chi connectivity index (χ2n) is 4.82. The molecule has 0 aromatic heterocycles. The summed E-state index contributed by atoms with van der Waals surface area (Å²) in [6, 6.07) is 11.7. The fraction of sp³-hybridized carbons (Fsp3) is 0.125. The number of hydrogen-bond donors (Lipinski definition) is 1. The highest BCUT2D eigenvalue weighted by atomic mass is 19.1. The van der Waals surface area contributed by atoms with Crippen LogP contribution in [0.15, 0.2) is 53.7 Å². The molecule has 1 atom stereocenters. The van der Waals surface area contributed by atoms with Gasteiger partial charge < -0.3 is 10.2 Å². The molecule has 1 unspecified atom stereocenters. The maximum absolute atomic E-state index is 13.5. The van der Waals surface area contributed by atoms with Gasteiger partial charge in [-0.2, -0.15) is 0 Å². The summed E-state index contributed by atoms with van der Waals surface area (Å²) in [5, 5.41) is 6.26. The molecule has 0 fully saturated rings. The van der Waals surface area contributed by atoms with Crippen LogP contribution in [-0.4, -0.2) is 17.7 Å². The molecule has 2 aromatic carbocycles. The number of para-hydroxylation sites is 1. The van der Waals surface area contributed by atoms with Crippen molar-refractivity contribution in [1.82, 2.24) is 0 Å². The van der Waals surface area contributed by atoms with Gasteiger partial charge in [-0.15, -0.1) is 0 Å². The summed E-state index contributed by atoms with van der Waals surface area (Å²) in [4.78, 5) is 17.1. The summed E-state index contributed by atoms with van der Waals surface area (Å²) in [6.45, 7) is 0. The van der Waals surface area contributed by atoms with E-state index in [2.05, 4.69) is 10.5 Å². The van der Waals surface area contributed by atoms with E-state index in [0.717, 1.165) is 0 Å². The van der Waals surface area contributed by atoms with E-state index in [9.17, 15) is 13.6 Å². The van der Waals surface area contributed by atoms with Crippen molar-refractivity contribution >= 4 is 17.3 Å². The van der Waals surface area contributed by atoms with Crippen LogP contribution < -0.4 is 5.32 Å². The number of halogens is 2. The Bertz CT molecular complexity index is 746. The van der Waals surface area contributed by atoms with Gasteiger partial charge in [0.1, 0.15) is 11.6 Å². The number of hydrogen-bond acceptors (Lipinski definition) is 3. The van der Waals surface area contributed by atoms with Crippen molar-refractivity contribution in [2.24, 2.45) is 5.16 Å². The van der Waals surface area contributed by atoms with E-state index in [-0.39, 0.29) is 17.9 Å². The van der Waals surface area contributed by atoms with E-state index < -0.39 is 17.8 Å². The van der Waals surface area contributed by atoms with Crippen molar-refractivity contribution in [1.29, 1.82) is 0 Å². The molecule has 112 valence electrons. The van der Waals surface area contributed by atoms with Crippen molar-refractivity contribution < 1.29 is 18.4 Å². The first-order valence-electron chi connectivity index (χ1n) is 6.67. The van der Waals surface area contributed by atoms with E-state index in [0.29, 0.717) is 11.3 Å². The third kappa shape index (κ3) is 2.95. The van der Waals surface area contributed by atoms with Crippen LogP contribution in [-0.2, 0) is 9.63 Å². The Balaban J connectivity index is 1.67. The molecule has 0 saturated heterocycles. The molecule has 4 nitrogen and oxygen atoms in total. The molecule has 1 amide bonds. The lowest BCUT2D eigenvalue weighted by atomic mass is 10.0. The molecular formula is C16H12F2N2O2. The number of carbonyl (C=O) groups excluding carboxylic acids is 1. The van der Waals surface area contributed by atoms with Gasteiger partial charge in [-0.1, -0.05) is 29.4 Å². The number of nitrogens with zero attached hydrogens (tertiary/aromatic N) is 1. The molecule has 6 heteroatoms. The van der Waals surface area contributed by atoms with Gasteiger partial charge in [-0.05, 0) is 24.3 Å². The highest BCUT2D eigenvalue weighted by Crippen LogP contribution is 2.20. The summed E-state index contributed by atoms with van der Waals surface area (Å²) in [7, 11) is 0. The lowest BCUT2D eigenvalue weighted by molar-refractivity contribution is -0.125. The van der Waals surface area contributed by atoms with Crippen LogP contribution >= 0.6 is 0 Å². The SMILES string of the molecule is O=C(Nc1ccccc1F)C1CC(c2cccc(F)c2)=NO1. The number of carbonyl (C=O) groups is 1. The number of anilines is 1. The fourth-order valence-corrected chi connectivity index (χ4v) is 2.13. The smallest absolute Gasteiger partial charge is 0.268 e. The topological polar surface area (TPSA) is 50.7 Å². The van der Waals surface area contributed by atoms with E-state index in [1.54, 1.807) is 18.2 Å². The Morgan fingerprint density at radius 1 is 1.18 bits per heavy atom. The Kier molecular flexibility index (Phi) is 3.82. The lowest BCUT2D eigenvalue weighted by Gasteiger charge is -2.10. The third-order valence-corrected chi connectivity index (χ3v) is 3.25. The Hall–Kier alpha value is -2.76. The fourth-order valence-electron chi connectivity index (χ4n) is 2.13. The average Bonchev–Trinajstić information content (AvgIpc) is 2.99. The second kappa shape index (κ2) is 5.93. The zero-order valence-corrected chi connectivity index (χ0v) is 11.4. The van der Waals surface area contributed by atoms with Crippen molar-refractivity contribution in [3.8, 4) is 0 Å². The van der Waals surface area contributed by atoms with Crippen molar-refractivity contribution in [2.45, 2.75) is 12.5 Å². The van der Waals surface area contributed by atoms with Crippen molar-refractivity contribution in [3.63, 3.8) is 0 Å². The van der Waals surface area contributed by atoms with Gasteiger partial charge in [-0.3, -0.25) is 4.79 Å². The van der Waals surface area contributed by atoms with Gasteiger partial charge in [0.15, 0.2) is 0 Å². The Morgan fingerprint density at radius 2 is 2.00 bits per heavy atom. The predicted molar refractivity (Wildman–Crippen MR) is 77.5 cm³/mol. The first kappa shape index (κ1) is 14.2. The lowest BCUT2D eigenvalue weighted by Crippen LogP contribution is -2.28. The minimum atomic E-state index is -0.863. The number of nitrogens with one attached hydrogen (secondary N) is 1. The van der Waals surface area contributed by atoms with Gasteiger partial charge in [0.2, 0.25) is 6.10 Å². The zero-order valence-electron chi connectivity index (χ0n) is 11.4. The minimum absolute atomic E-state index is 0.0790. The van der Waals surface area contributed by atoms with E-state index >= 15 is 0 Å². The molecule has 0 radical (unpaired) electrons. The average molecular weight is 302 g/mol. The normalized spacial score (nSPS) is 16.8. The van der Waals surface area contributed by atoms with Crippen LogP contribution in [0.4, 0.5) is 14.5 Å². The van der Waals surface area contributed by atoms with Crippen LogP contribution in [0.3, 0.4) is 0 Å². The molecule has 2 aromatic rings. The monoisotopic (exact) mass is 302 g/mol. The van der Waals surface area contributed by atoms with Gasteiger partial charge in [0, 0.05) is 12.0 Å². The van der Waals surface area contributed by atoms with E-state index in [4.69, 9.17) is 4.84 Å². The summed E-state index contributed by atoms with van der Waals surface area (Å²) in [5.41, 5.74) is 1.12. The third-order valence-electron chi connectivity index (χ3n) is 3.25. The Morgan fingerprint density at radius 3 is 2.77 bits per heavy atom. The van der Waals surface area contributed by atoms with Crippen LogP contribution in [0, 0.1) is 11.6 Å². The number of rotatable bonds is 3. The largest absolute Gasteiger partial charge is 0.382 e. The standard InChI is InChI=1S/C16H12F2N2O2/c17-11-5-3-4-10(8-11)14-9-15(22-20-14)16(21)19-13-7-2-1-6-12(13)18/h1-8,15H,9H2,(H,19,21). The highest BCUT2D eigenvalue weighted by Gasteiger charge is 2.29. The first-order valence-corrected chi connectivity index (χ1v) is 6.67. The molecule has 0 aliphatic carbocycles. The summed E-state index contributed by atoms with van der Waals surface area (Å²) in [5.74, 6) is -1.42. The van der Waals surface area contributed by atoms with Gasteiger partial charge in [0.05, 0.1) is 11.4 Å². The maximum Gasteiger partial charge on any atom is 0.268 e. The maximum atomic E-state index is 13.5. The number of amides is 1. The Labute approximate surface area is 125 Å². The molecule has 0 spiro atoms. The van der Waals surface area contributed by atoms with Gasteiger partial charge in [0.25, 0.3) is 5.91 Å². The van der Waals surface area contributed by atoms with Gasteiger partial charge >= 0.3 is 0 Å². The minimum Gasteiger partial charge on any atom is -0.382 e. The number of benzene rings is 2. The van der Waals surface area contributed by atoms with Gasteiger partial charge in [-0.25, -0.2) is 8.78 Å². The first-order chi connectivity index (χ1) is 10.6. The van der Waals surface area contributed by atoms with Crippen molar-refractivity contribution in [2.75, 3.05) is 5.32 Å². The van der Waals surface area contributed by atoms with Crippen LogP contribution in [0.25, 0.3) is 0 Å². The molecule has 1 N–H and O–H groups in total. The molecular weight excluding hydrogens is 290 g/mol. The summed E-state index contributed by atoms with van der Waals surface area (Å²) < 4.78 is 26.7. The van der Waals surface area contributed by atoms with E-state index in [1.807, 2.05) is 0 Å². The molecule has 0 bridgehead atoms. The molecule has 1 aliphatic rings. The van der Waals surface area contributed by atoms with Crippen LogP contribution in [0.2, 0.25) is 0 Å². The molecule has 1 aliphatic heterocycles. The summed E-state index contributed by atoms with van der Waals surface area (Å²) in [6.07, 6.45) is -0.665. The molecule has 0 saturated carbocycles. The zero-order chi connectivity index (χ0) is 15.5. The highest BCUT2D eigenvalue weighted by molar-refractivity contribution is 6.06. The van der Waals surface area contributed by atoms with Crippen LogP contribution in [0.1, 0.15) is 12.0 Å². The summed E-state index contributed by atoms with van der Waals surface area (Å²) >= 11 is 0. The van der Waals surface area contributed by atoms with Crippen molar-refractivity contribution in [3.05, 3.63) is 65.7 Å². The molecule has 22 heavy (non-hydrogen) atoms.